The second kappa shape index (κ2) is 4.09. The van der Waals surface area contributed by atoms with Gasteiger partial charge >= 0.3 is 0 Å². The van der Waals surface area contributed by atoms with E-state index in [1.54, 1.807) is 0 Å². The van der Waals surface area contributed by atoms with Crippen LogP contribution >= 0.6 is 0 Å². The summed E-state index contributed by atoms with van der Waals surface area (Å²) < 4.78 is 17.8. The van der Waals surface area contributed by atoms with Crippen molar-refractivity contribution in [2.45, 2.75) is 6.42 Å². The summed E-state index contributed by atoms with van der Waals surface area (Å²) in [6.45, 7) is 0.374. The number of ether oxygens (including phenoxy) is 1. The van der Waals surface area contributed by atoms with Gasteiger partial charge in [-0.15, -0.1) is 0 Å². The summed E-state index contributed by atoms with van der Waals surface area (Å²) in [5.74, 6) is -0.425. The number of nitrogens with two attached hydrogens (primary N) is 1. The molecule has 0 saturated carbocycles. The predicted octanol–water partition coefficient (Wildman–Crippen LogP) is 1.04. The van der Waals surface area contributed by atoms with Crippen molar-refractivity contribution < 1.29 is 14.2 Å². The van der Waals surface area contributed by atoms with Crippen molar-refractivity contribution in [3.63, 3.8) is 0 Å². The van der Waals surface area contributed by atoms with Crippen molar-refractivity contribution in [3.05, 3.63) is 23.5 Å². The quantitative estimate of drug-likeness (QED) is 0.739. The summed E-state index contributed by atoms with van der Waals surface area (Å²) in [4.78, 5) is 0. The molecular weight excluding hydrogens is 173 g/mol. The van der Waals surface area contributed by atoms with E-state index in [9.17, 15) is 9.50 Å². The van der Waals surface area contributed by atoms with E-state index in [2.05, 4.69) is 0 Å². The smallest absolute Gasteiger partial charge is 0.165 e. The highest BCUT2D eigenvalue weighted by molar-refractivity contribution is 5.40. The molecule has 0 heterocycles. The summed E-state index contributed by atoms with van der Waals surface area (Å²) >= 11 is 0. The lowest BCUT2D eigenvalue weighted by Gasteiger charge is -2.06. The SMILES string of the molecule is COc1cc(O)c(CCN)cc1F. The van der Waals surface area contributed by atoms with E-state index in [4.69, 9.17) is 10.5 Å². The highest BCUT2D eigenvalue weighted by Crippen LogP contribution is 2.26. The van der Waals surface area contributed by atoms with E-state index in [-0.39, 0.29) is 11.5 Å². The average molecular weight is 185 g/mol. The van der Waals surface area contributed by atoms with Gasteiger partial charge in [-0.05, 0) is 24.6 Å². The third kappa shape index (κ3) is 2.09. The maximum atomic E-state index is 13.1. The van der Waals surface area contributed by atoms with Gasteiger partial charge in [-0.25, -0.2) is 4.39 Å². The molecule has 72 valence electrons. The third-order valence-corrected chi connectivity index (χ3v) is 1.77. The van der Waals surface area contributed by atoms with Crippen LogP contribution in [0, 0.1) is 5.82 Å². The van der Waals surface area contributed by atoms with Crippen LogP contribution in [0.25, 0.3) is 0 Å². The van der Waals surface area contributed by atoms with Gasteiger partial charge in [0.25, 0.3) is 0 Å². The summed E-state index contributed by atoms with van der Waals surface area (Å²) in [5, 5.41) is 9.38. The Balaban J connectivity index is 3.05. The lowest BCUT2D eigenvalue weighted by molar-refractivity contribution is 0.379. The maximum Gasteiger partial charge on any atom is 0.165 e. The first-order valence-electron chi connectivity index (χ1n) is 3.94. The zero-order chi connectivity index (χ0) is 9.84. The normalized spacial score (nSPS) is 10.1. The Morgan fingerprint density at radius 3 is 2.77 bits per heavy atom. The molecule has 1 aromatic rings. The highest BCUT2D eigenvalue weighted by atomic mass is 19.1. The van der Waals surface area contributed by atoms with Gasteiger partial charge in [-0.3, -0.25) is 0 Å². The van der Waals surface area contributed by atoms with E-state index in [1.807, 2.05) is 0 Å². The number of methoxy groups -OCH3 is 1. The predicted molar refractivity (Wildman–Crippen MR) is 47.4 cm³/mol. The van der Waals surface area contributed by atoms with Crippen LogP contribution in [0.2, 0.25) is 0 Å². The Labute approximate surface area is 75.9 Å². The Morgan fingerprint density at radius 2 is 2.23 bits per heavy atom. The van der Waals surface area contributed by atoms with Gasteiger partial charge < -0.3 is 15.6 Å². The van der Waals surface area contributed by atoms with Crippen LogP contribution < -0.4 is 10.5 Å². The number of phenols is 1. The first-order chi connectivity index (χ1) is 6.19. The Kier molecular flexibility index (Phi) is 3.08. The molecule has 0 bridgehead atoms. The second-order valence-electron chi connectivity index (χ2n) is 2.65. The largest absolute Gasteiger partial charge is 0.508 e. The molecule has 0 radical (unpaired) electrons. The Morgan fingerprint density at radius 1 is 1.54 bits per heavy atom. The van der Waals surface area contributed by atoms with Crippen LogP contribution in [0.5, 0.6) is 11.5 Å². The van der Waals surface area contributed by atoms with Crippen LogP contribution in [0.3, 0.4) is 0 Å². The van der Waals surface area contributed by atoms with Crippen LogP contribution in [0.1, 0.15) is 5.56 Å². The van der Waals surface area contributed by atoms with Gasteiger partial charge in [0.2, 0.25) is 0 Å². The number of aromatic hydroxyl groups is 1. The van der Waals surface area contributed by atoms with E-state index < -0.39 is 5.82 Å². The van der Waals surface area contributed by atoms with Crippen LogP contribution in [-0.4, -0.2) is 18.8 Å². The first kappa shape index (κ1) is 9.80. The minimum Gasteiger partial charge on any atom is -0.508 e. The molecule has 0 aromatic heterocycles. The molecule has 4 heteroatoms. The van der Waals surface area contributed by atoms with Gasteiger partial charge in [0.15, 0.2) is 11.6 Å². The minimum absolute atomic E-state index is 0.0173. The zero-order valence-electron chi connectivity index (χ0n) is 7.38. The molecule has 0 aliphatic heterocycles. The van der Waals surface area contributed by atoms with E-state index in [0.717, 1.165) is 0 Å². The fraction of sp³-hybridized carbons (Fsp3) is 0.333. The maximum absolute atomic E-state index is 13.1. The van der Waals surface area contributed by atoms with Crippen molar-refractivity contribution in [3.8, 4) is 11.5 Å². The zero-order valence-corrected chi connectivity index (χ0v) is 7.38. The molecule has 3 nitrogen and oxygen atoms in total. The topological polar surface area (TPSA) is 55.5 Å². The number of halogens is 1. The molecule has 0 spiro atoms. The minimum atomic E-state index is -0.483. The highest BCUT2D eigenvalue weighted by Gasteiger charge is 2.08. The van der Waals surface area contributed by atoms with Gasteiger partial charge in [0, 0.05) is 6.07 Å². The van der Waals surface area contributed by atoms with E-state index in [0.29, 0.717) is 18.5 Å². The number of benzene rings is 1. The lowest BCUT2D eigenvalue weighted by atomic mass is 10.1. The summed E-state index contributed by atoms with van der Waals surface area (Å²) in [6, 6.07) is 2.49. The standard InChI is InChI=1S/C9H12FNO2/c1-13-9-5-8(12)6(2-3-11)4-7(9)10/h4-5,12H,2-3,11H2,1H3. The summed E-state index contributed by atoms with van der Waals surface area (Å²) in [5.41, 5.74) is 5.79. The molecular formula is C9H12FNO2. The van der Waals surface area contributed by atoms with Gasteiger partial charge in [-0.1, -0.05) is 0 Å². The second-order valence-corrected chi connectivity index (χ2v) is 2.65. The van der Waals surface area contributed by atoms with E-state index in [1.165, 1.54) is 19.2 Å². The van der Waals surface area contributed by atoms with Crippen LogP contribution in [-0.2, 0) is 6.42 Å². The number of phenolic OH excluding ortho intramolecular Hbond substituents is 1. The number of hydrogen-bond acceptors (Lipinski definition) is 3. The Bertz CT molecular complexity index is 302. The molecule has 0 aliphatic carbocycles. The van der Waals surface area contributed by atoms with Gasteiger partial charge in [0.05, 0.1) is 7.11 Å². The van der Waals surface area contributed by atoms with Crippen molar-refractivity contribution in [1.82, 2.24) is 0 Å². The first-order valence-corrected chi connectivity index (χ1v) is 3.94. The number of rotatable bonds is 3. The molecule has 0 saturated heterocycles. The van der Waals surface area contributed by atoms with Crippen LogP contribution in [0.4, 0.5) is 4.39 Å². The summed E-state index contributed by atoms with van der Waals surface area (Å²) in [6.07, 6.45) is 0.451. The lowest BCUT2D eigenvalue weighted by Crippen LogP contribution is -2.03. The molecule has 0 aliphatic rings. The van der Waals surface area contributed by atoms with Gasteiger partial charge in [-0.2, -0.15) is 0 Å². The van der Waals surface area contributed by atoms with Crippen molar-refractivity contribution >= 4 is 0 Å². The molecule has 13 heavy (non-hydrogen) atoms. The molecule has 1 aromatic carbocycles. The Hall–Kier alpha value is -1.29. The molecule has 0 unspecified atom stereocenters. The molecule has 0 amide bonds. The monoisotopic (exact) mass is 185 g/mol. The molecule has 0 atom stereocenters. The number of hydrogen-bond donors (Lipinski definition) is 2. The van der Waals surface area contributed by atoms with Gasteiger partial charge in [0.1, 0.15) is 5.75 Å². The average Bonchev–Trinajstić information content (AvgIpc) is 2.11. The third-order valence-electron chi connectivity index (χ3n) is 1.77. The summed E-state index contributed by atoms with van der Waals surface area (Å²) in [7, 11) is 1.35. The van der Waals surface area contributed by atoms with E-state index >= 15 is 0 Å². The molecule has 3 N–H and O–H groups in total. The molecule has 1 rings (SSSR count). The fourth-order valence-electron chi connectivity index (χ4n) is 1.10. The fourth-order valence-corrected chi connectivity index (χ4v) is 1.10. The van der Waals surface area contributed by atoms with Crippen molar-refractivity contribution in [2.75, 3.05) is 13.7 Å². The van der Waals surface area contributed by atoms with Crippen LogP contribution in [0.15, 0.2) is 12.1 Å². The molecule has 0 fully saturated rings. The van der Waals surface area contributed by atoms with Crippen molar-refractivity contribution in [2.24, 2.45) is 5.73 Å². The van der Waals surface area contributed by atoms with Crippen molar-refractivity contribution in [1.29, 1.82) is 0 Å².